The zero-order valence-corrected chi connectivity index (χ0v) is 11.5. The maximum absolute atomic E-state index is 13.3. The van der Waals surface area contributed by atoms with E-state index in [-0.39, 0.29) is 5.82 Å². The zero-order valence-electron chi connectivity index (χ0n) is 9.88. The summed E-state index contributed by atoms with van der Waals surface area (Å²) in [5, 5.41) is 4.40. The van der Waals surface area contributed by atoms with Gasteiger partial charge in [-0.05, 0) is 48.3 Å². The van der Waals surface area contributed by atoms with Crippen molar-refractivity contribution in [2.45, 2.75) is 20.8 Å². The molecule has 1 aromatic heterocycles. The molecule has 0 radical (unpaired) electrons. The van der Waals surface area contributed by atoms with Gasteiger partial charge in [0.2, 0.25) is 0 Å². The van der Waals surface area contributed by atoms with Crippen LogP contribution < -0.4 is 5.73 Å². The molecule has 5 heteroatoms. The number of hydrogen-bond acceptors (Lipinski definition) is 2. The van der Waals surface area contributed by atoms with Crippen molar-refractivity contribution in [3.05, 3.63) is 39.4 Å². The normalized spacial score (nSPS) is 10.9. The van der Waals surface area contributed by atoms with Crippen LogP contribution in [0.5, 0.6) is 0 Å². The van der Waals surface area contributed by atoms with Crippen molar-refractivity contribution in [3.63, 3.8) is 0 Å². The largest absolute Gasteiger partial charge is 0.397 e. The number of nitrogens with zero attached hydrogens (tertiary/aromatic N) is 2. The van der Waals surface area contributed by atoms with E-state index in [0.717, 1.165) is 17.0 Å². The van der Waals surface area contributed by atoms with Gasteiger partial charge in [0.25, 0.3) is 0 Å². The quantitative estimate of drug-likeness (QED) is 0.821. The van der Waals surface area contributed by atoms with E-state index in [1.165, 1.54) is 6.07 Å². The summed E-state index contributed by atoms with van der Waals surface area (Å²) >= 11 is 3.16. The van der Waals surface area contributed by atoms with Crippen LogP contribution in [0.15, 0.2) is 16.6 Å². The van der Waals surface area contributed by atoms with Crippen LogP contribution in [0.1, 0.15) is 17.0 Å². The molecule has 0 aliphatic carbocycles. The first-order valence-corrected chi connectivity index (χ1v) is 5.99. The van der Waals surface area contributed by atoms with Gasteiger partial charge in [-0.2, -0.15) is 5.10 Å². The second-order valence-electron chi connectivity index (χ2n) is 4.03. The fourth-order valence-electron chi connectivity index (χ4n) is 1.69. The highest BCUT2D eigenvalue weighted by Gasteiger charge is 2.13. The van der Waals surface area contributed by atoms with E-state index in [2.05, 4.69) is 21.0 Å². The van der Waals surface area contributed by atoms with E-state index in [9.17, 15) is 4.39 Å². The molecule has 0 aliphatic heterocycles. The molecule has 0 saturated carbocycles. The van der Waals surface area contributed by atoms with Gasteiger partial charge in [0.1, 0.15) is 5.82 Å². The van der Waals surface area contributed by atoms with Crippen molar-refractivity contribution in [1.82, 2.24) is 9.78 Å². The first-order valence-electron chi connectivity index (χ1n) is 5.19. The topological polar surface area (TPSA) is 43.8 Å². The second-order valence-corrected chi connectivity index (χ2v) is 4.89. The molecule has 0 aliphatic rings. The third kappa shape index (κ3) is 1.95. The summed E-state index contributed by atoms with van der Waals surface area (Å²) in [4.78, 5) is 0. The van der Waals surface area contributed by atoms with E-state index in [0.29, 0.717) is 15.8 Å². The van der Waals surface area contributed by atoms with Gasteiger partial charge >= 0.3 is 0 Å². The van der Waals surface area contributed by atoms with Gasteiger partial charge in [-0.15, -0.1) is 0 Å². The van der Waals surface area contributed by atoms with Crippen molar-refractivity contribution < 1.29 is 4.39 Å². The highest BCUT2D eigenvalue weighted by Crippen LogP contribution is 2.27. The molecule has 0 fully saturated rings. The van der Waals surface area contributed by atoms with E-state index in [4.69, 9.17) is 5.73 Å². The third-order valence-electron chi connectivity index (χ3n) is 2.95. The van der Waals surface area contributed by atoms with E-state index < -0.39 is 0 Å². The summed E-state index contributed by atoms with van der Waals surface area (Å²) in [7, 11) is 0. The number of benzene rings is 1. The fraction of sp³-hybridized carbons (Fsp3) is 0.250. The number of aryl methyl sites for hydroxylation is 1. The molecule has 0 amide bonds. The first kappa shape index (κ1) is 12.1. The Bertz CT molecular complexity index is 590. The molecule has 0 unspecified atom stereocenters. The maximum atomic E-state index is 13.3. The predicted molar refractivity (Wildman–Crippen MR) is 69.8 cm³/mol. The molecular weight excluding hydrogens is 285 g/mol. The van der Waals surface area contributed by atoms with Crippen LogP contribution in [0, 0.1) is 26.6 Å². The Labute approximate surface area is 108 Å². The van der Waals surface area contributed by atoms with Gasteiger partial charge in [0, 0.05) is 11.8 Å². The second kappa shape index (κ2) is 4.14. The molecule has 1 heterocycles. The fourth-order valence-corrected chi connectivity index (χ4v) is 2.02. The number of anilines is 1. The van der Waals surface area contributed by atoms with E-state index in [1.807, 2.05) is 20.8 Å². The summed E-state index contributed by atoms with van der Waals surface area (Å²) in [6, 6.07) is 2.94. The van der Waals surface area contributed by atoms with Crippen LogP contribution in [-0.4, -0.2) is 9.78 Å². The Morgan fingerprint density at radius 3 is 2.47 bits per heavy atom. The molecule has 0 bridgehead atoms. The first-order chi connectivity index (χ1) is 7.91. The van der Waals surface area contributed by atoms with Gasteiger partial charge in [-0.3, -0.25) is 0 Å². The average molecular weight is 298 g/mol. The van der Waals surface area contributed by atoms with Crippen molar-refractivity contribution >= 4 is 21.6 Å². The van der Waals surface area contributed by atoms with E-state index in [1.54, 1.807) is 10.7 Å². The molecule has 17 heavy (non-hydrogen) atoms. The van der Waals surface area contributed by atoms with Crippen LogP contribution in [0.2, 0.25) is 0 Å². The lowest BCUT2D eigenvalue weighted by Crippen LogP contribution is -2.04. The van der Waals surface area contributed by atoms with Crippen LogP contribution in [0.4, 0.5) is 10.1 Å². The molecular formula is C12H13BrFN3. The summed E-state index contributed by atoms with van der Waals surface area (Å²) in [5.74, 6) is -0.371. The molecule has 2 N–H and O–H groups in total. The average Bonchev–Trinajstić information content (AvgIpc) is 2.51. The van der Waals surface area contributed by atoms with Crippen LogP contribution in [0.3, 0.4) is 0 Å². The molecule has 2 aromatic rings. The highest BCUT2D eigenvalue weighted by atomic mass is 79.9. The summed E-state index contributed by atoms with van der Waals surface area (Å²) < 4.78 is 15.4. The van der Waals surface area contributed by atoms with Crippen molar-refractivity contribution in [1.29, 1.82) is 0 Å². The number of aromatic nitrogens is 2. The molecule has 0 spiro atoms. The monoisotopic (exact) mass is 297 g/mol. The zero-order chi connectivity index (χ0) is 12.7. The van der Waals surface area contributed by atoms with Gasteiger partial charge < -0.3 is 5.73 Å². The maximum Gasteiger partial charge on any atom is 0.139 e. The molecule has 0 saturated heterocycles. The summed E-state index contributed by atoms with van der Waals surface area (Å²) in [6.07, 6.45) is 0. The van der Waals surface area contributed by atoms with Gasteiger partial charge in [0.05, 0.1) is 21.5 Å². The Hall–Kier alpha value is -1.36. The molecule has 1 aromatic carbocycles. The summed E-state index contributed by atoms with van der Waals surface area (Å²) in [6.45, 7) is 5.91. The smallest absolute Gasteiger partial charge is 0.139 e. The summed E-state index contributed by atoms with van der Waals surface area (Å²) in [5.41, 5.74) is 9.96. The van der Waals surface area contributed by atoms with Gasteiger partial charge in [0.15, 0.2) is 0 Å². The number of hydrogen-bond donors (Lipinski definition) is 1. The lowest BCUT2D eigenvalue weighted by molar-refractivity contribution is 0.621. The van der Waals surface area contributed by atoms with E-state index >= 15 is 0 Å². The standard InChI is InChI=1S/C12H13BrFN3/c1-6-7(2)16-17(8(6)3)12-4-9(13)10(14)5-11(12)15/h4-5H,15H2,1-3H3. The Morgan fingerprint density at radius 1 is 1.29 bits per heavy atom. The van der Waals surface area contributed by atoms with Crippen LogP contribution in [0.25, 0.3) is 5.69 Å². The Morgan fingerprint density at radius 2 is 1.94 bits per heavy atom. The third-order valence-corrected chi connectivity index (χ3v) is 3.56. The lowest BCUT2D eigenvalue weighted by Gasteiger charge is -2.09. The van der Waals surface area contributed by atoms with Crippen LogP contribution in [-0.2, 0) is 0 Å². The number of nitrogen functional groups attached to an aromatic ring is 1. The van der Waals surface area contributed by atoms with Crippen molar-refractivity contribution in [3.8, 4) is 5.69 Å². The van der Waals surface area contributed by atoms with Crippen molar-refractivity contribution in [2.24, 2.45) is 0 Å². The minimum atomic E-state index is -0.371. The molecule has 2 rings (SSSR count). The molecule has 0 atom stereocenters. The minimum Gasteiger partial charge on any atom is -0.397 e. The number of halogens is 2. The number of nitrogens with two attached hydrogens (primary N) is 1. The van der Waals surface area contributed by atoms with Crippen molar-refractivity contribution in [2.75, 3.05) is 5.73 Å². The molecule has 3 nitrogen and oxygen atoms in total. The Kier molecular flexibility index (Phi) is 2.95. The predicted octanol–water partition coefficient (Wildman–Crippen LogP) is 3.28. The SMILES string of the molecule is Cc1nn(-c2cc(Br)c(F)cc2N)c(C)c1C. The van der Waals surface area contributed by atoms with Gasteiger partial charge in [-0.1, -0.05) is 0 Å². The minimum absolute atomic E-state index is 0.371. The lowest BCUT2D eigenvalue weighted by atomic mass is 10.2. The van der Waals surface area contributed by atoms with Crippen LogP contribution >= 0.6 is 15.9 Å². The van der Waals surface area contributed by atoms with Gasteiger partial charge in [-0.25, -0.2) is 9.07 Å². The number of rotatable bonds is 1. The Balaban J connectivity index is 2.68. The molecule has 90 valence electrons. The highest BCUT2D eigenvalue weighted by molar-refractivity contribution is 9.10.